The number of anilines is 1. The Labute approximate surface area is 99.0 Å². The zero-order valence-corrected chi connectivity index (χ0v) is 9.51. The van der Waals surface area contributed by atoms with Gasteiger partial charge in [0.1, 0.15) is 5.75 Å². The van der Waals surface area contributed by atoms with Gasteiger partial charge >= 0.3 is 6.61 Å². The molecule has 0 saturated heterocycles. The first-order valence-electron chi connectivity index (χ1n) is 6.03. The van der Waals surface area contributed by atoms with Gasteiger partial charge in [0.05, 0.1) is 0 Å². The van der Waals surface area contributed by atoms with E-state index in [9.17, 15) is 8.78 Å². The van der Waals surface area contributed by atoms with Gasteiger partial charge in [-0.15, -0.1) is 0 Å². The third kappa shape index (κ3) is 1.75. The Hall–Kier alpha value is -1.32. The van der Waals surface area contributed by atoms with Crippen LogP contribution in [0.2, 0.25) is 0 Å². The summed E-state index contributed by atoms with van der Waals surface area (Å²) in [6, 6.07) is 5.24. The molecule has 1 N–H and O–H groups in total. The summed E-state index contributed by atoms with van der Waals surface area (Å²) in [5.41, 5.74) is 2.40. The summed E-state index contributed by atoms with van der Waals surface area (Å²) < 4.78 is 28.9. The van der Waals surface area contributed by atoms with Crippen molar-refractivity contribution in [2.45, 2.75) is 37.7 Å². The first-order valence-corrected chi connectivity index (χ1v) is 6.03. The van der Waals surface area contributed by atoms with Crippen LogP contribution in [0.3, 0.4) is 0 Å². The number of fused-ring (bicyclic) bond motifs is 2. The molecule has 0 bridgehead atoms. The lowest BCUT2D eigenvalue weighted by Gasteiger charge is -2.23. The number of benzene rings is 1. The van der Waals surface area contributed by atoms with Crippen molar-refractivity contribution in [2.24, 2.45) is 0 Å². The Morgan fingerprint density at radius 1 is 1.24 bits per heavy atom. The van der Waals surface area contributed by atoms with Gasteiger partial charge in [0.25, 0.3) is 0 Å². The van der Waals surface area contributed by atoms with Gasteiger partial charge in [-0.2, -0.15) is 8.78 Å². The molecule has 0 atom stereocenters. The predicted octanol–water partition coefficient (Wildman–Crippen LogP) is 3.53. The molecule has 92 valence electrons. The highest BCUT2D eigenvalue weighted by atomic mass is 19.3. The molecule has 1 aromatic carbocycles. The molecule has 1 spiro atoms. The number of rotatable bonds is 2. The highest BCUT2D eigenvalue weighted by Crippen LogP contribution is 2.48. The number of hydrogen-bond acceptors (Lipinski definition) is 2. The van der Waals surface area contributed by atoms with Crippen molar-refractivity contribution in [1.29, 1.82) is 0 Å². The molecule has 1 aliphatic heterocycles. The van der Waals surface area contributed by atoms with Gasteiger partial charge in [-0.05, 0) is 36.6 Å². The maximum absolute atomic E-state index is 12.2. The molecule has 1 heterocycles. The number of nitrogens with one attached hydrogen (secondary N) is 1. The first kappa shape index (κ1) is 10.8. The van der Waals surface area contributed by atoms with Crippen LogP contribution in [0.5, 0.6) is 5.75 Å². The second-order valence-corrected chi connectivity index (χ2v) is 4.93. The lowest BCUT2D eigenvalue weighted by atomic mass is 9.81. The van der Waals surface area contributed by atoms with Gasteiger partial charge < -0.3 is 10.1 Å². The smallest absolute Gasteiger partial charge is 0.387 e. The molecule has 3 rings (SSSR count). The fourth-order valence-electron chi connectivity index (χ4n) is 3.15. The van der Waals surface area contributed by atoms with Crippen molar-refractivity contribution in [3.05, 3.63) is 23.8 Å². The molecule has 17 heavy (non-hydrogen) atoms. The van der Waals surface area contributed by atoms with E-state index in [0.29, 0.717) is 0 Å². The third-order valence-corrected chi connectivity index (χ3v) is 3.97. The Morgan fingerprint density at radius 3 is 2.71 bits per heavy atom. The van der Waals surface area contributed by atoms with Crippen molar-refractivity contribution >= 4 is 5.69 Å². The molecule has 0 unspecified atom stereocenters. The van der Waals surface area contributed by atoms with Crippen molar-refractivity contribution in [3.8, 4) is 5.75 Å². The maximum atomic E-state index is 12.2. The number of ether oxygens (including phenoxy) is 1. The second-order valence-electron chi connectivity index (χ2n) is 4.93. The normalized spacial score (nSPS) is 20.6. The Balaban J connectivity index is 1.95. The molecular weight excluding hydrogens is 224 g/mol. The SMILES string of the molecule is FC(F)Oc1ccc2c(c1)C1(CCCC1)CN2. The maximum Gasteiger partial charge on any atom is 0.387 e. The highest BCUT2D eigenvalue weighted by Gasteiger charge is 2.41. The predicted molar refractivity (Wildman–Crippen MR) is 61.7 cm³/mol. The summed E-state index contributed by atoms with van der Waals surface area (Å²) in [5, 5.41) is 3.37. The highest BCUT2D eigenvalue weighted by molar-refractivity contribution is 5.62. The van der Waals surface area contributed by atoms with E-state index in [2.05, 4.69) is 10.1 Å². The summed E-state index contributed by atoms with van der Waals surface area (Å²) in [5.74, 6) is 0.272. The summed E-state index contributed by atoms with van der Waals surface area (Å²) in [6.45, 7) is -1.82. The van der Waals surface area contributed by atoms with Gasteiger partial charge in [-0.25, -0.2) is 0 Å². The topological polar surface area (TPSA) is 21.3 Å². The van der Waals surface area contributed by atoms with E-state index in [1.54, 1.807) is 12.1 Å². The fourth-order valence-corrected chi connectivity index (χ4v) is 3.15. The van der Waals surface area contributed by atoms with E-state index in [1.165, 1.54) is 12.8 Å². The van der Waals surface area contributed by atoms with Crippen LogP contribution in [0.25, 0.3) is 0 Å². The standard InChI is InChI=1S/C13H15F2NO/c14-12(15)17-9-3-4-11-10(7-9)13(8-16-11)5-1-2-6-13/h3-4,7,12,16H,1-2,5-6,8H2. The van der Waals surface area contributed by atoms with Gasteiger partial charge in [-0.3, -0.25) is 0 Å². The molecule has 1 saturated carbocycles. The Morgan fingerprint density at radius 2 is 2.00 bits per heavy atom. The molecule has 2 aliphatic rings. The van der Waals surface area contributed by atoms with Crippen LogP contribution >= 0.6 is 0 Å². The summed E-state index contributed by atoms with van der Waals surface area (Å²) in [6.07, 6.45) is 4.73. The molecule has 1 aliphatic carbocycles. The van der Waals surface area contributed by atoms with Gasteiger partial charge in [0.15, 0.2) is 0 Å². The minimum atomic E-state index is -2.75. The molecular formula is C13H15F2NO. The molecule has 0 radical (unpaired) electrons. The number of halogens is 2. The van der Waals surface area contributed by atoms with Crippen LogP contribution in [-0.4, -0.2) is 13.2 Å². The molecule has 0 aromatic heterocycles. The minimum Gasteiger partial charge on any atom is -0.435 e. The lowest BCUT2D eigenvalue weighted by Crippen LogP contribution is -2.24. The largest absolute Gasteiger partial charge is 0.435 e. The summed E-state index contributed by atoms with van der Waals surface area (Å²) >= 11 is 0. The third-order valence-electron chi connectivity index (χ3n) is 3.97. The number of hydrogen-bond donors (Lipinski definition) is 1. The Kier molecular flexibility index (Phi) is 2.45. The minimum absolute atomic E-state index is 0.164. The van der Waals surface area contributed by atoms with E-state index in [1.807, 2.05) is 6.07 Å². The van der Waals surface area contributed by atoms with Crippen LogP contribution in [0.1, 0.15) is 31.2 Å². The monoisotopic (exact) mass is 239 g/mol. The fraction of sp³-hybridized carbons (Fsp3) is 0.538. The van der Waals surface area contributed by atoms with Gasteiger partial charge in [0.2, 0.25) is 0 Å². The van der Waals surface area contributed by atoms with E-state index in [-0.39, 0.29) is 11.2 Å². The number of alkyl halides is 2. The molecule has 1 aromatic rings. The van der Waals surface area contributed by atoms with E-state index in [0.717, 1.165) is 30.6 Å². The molecule has 1 fully saturated rings. The van der Waals surface area contributed by atoms with Crippen LogP contribution in [0, 0.1) is 0 Å². The summed E-state index contributed by atoms with van der Waals surface area (Å²) in [7, 11) is 0. The first-order chi connectivity index (χ1) is 8.20. The van der Waals surface area contributed by atoms with Gasteiger partial charge in [-0.1, -0.05) is 12.8 Å². The van der Waals surface area contributed by atoms with Crippen LogP contribution in [0.4, 0.5) is 14.5 Å². The molecule has 0 amide bonds. The second kappa shape index (κ2) is 3.86. The molecule has 2 nitrogen and oxygen atoms in total. The van der Waals surface area contributed by atoms with E-state index in [4.69, 9.17) is 0 Å². The average molecular weight is 239 g/mol. The van der Waals surface area contributed by atoms with Crippen molar-refractivity contribution in [2.75, 3.05) is 11.9 Å². The van der Waals surface area contributed by atoms with Crippen molar-refractivity contribution in [3.63, 3.8) is 0 Å². The Bertz CT molecular complexity index is 427. The van der Waals surface area contributed by atoms with Crippen molar-refractivity contribution in [1.82, 2.24) is 0 Å². The average Bonchev–Trinajstić information content (AvgIpc) is 2.89. The zero-order valence-electron chi connectivity index (χ0n) is 9.51. The van der Waals surface area contributed by atoms with Crippen LogP contribution in [-0.2, 0) is 5.41 Å². The van der Waals surface area contributed by atoms with Crippen molar-refractivity contribution < 1.29 is 13.5 Å². The summed E-state index contributed by atoms with van der Waals surface area (Å²) in [4.78, 5) is 0. The van der Waals surface area contributed by atoms with E-state index < -0.39 is 6.61 Å². The van der Waals surface area contributed by atoms with Crippen LogP contribution < -0.4 is 10.1 Å². The zero-order chi connectivity index (χ0) is 11.9. The lowest BCUT2D eigenvalue weighted by molar-refractivity contribution is -0.0499. The van der Waals surface area contributed by atoms with Gasteiger partial charge in [0, 0.05) is 17.6 Å². The molecule has 4 heteroatoms. The van der Waals surface area contributed by atoms with E-state index >= 15 is 0 Å². The van der Waals surface area contributed by atoms with Crippen LogP contribution in [0.15, 0.2) is 18.2 Å². The quantitative estimate of drug-likeness (QED) is 0.852.